The maximum Gasteiger partial charge on any atom is 0.130 e. The monoisotopic (exact) mass is 269 g/mol. The molecule has 3 rings (SSSR count). The number of ether oxygens (including phenoxy) is 1. The lowest BCUT2D eigenvalue weighted by Gasteiger charge is -2.25. The minimum Gasteiger partial charge on any atom is -0.493 e. The van der Waals surface area contributed by atoms with Gasteiger partial charge in [0, 0.05) is 5.39 Å². The van der Waals surface area contributed by atoms with Crippen LogP contribution in [0.25, 0.3) is 10.8 Å². The van der Waals surface area contributed by atoms with Crippen LogP contribution in [-0.4, -0.2) is 19.7 Å². The fourth-order valence-corrected chi connectivity index (χ4v) is 3.08. The summed E-state index contributed by atoms with van der Waals surface area (Å²) < 4.78 is 6.13. The lowest BCUT2D eigenvalue weighted by molar-refractivity contribution is 0.312. The first kappa shape index (κ1) is 13.4. The van der Waals surface area contributed by atoms with E-state index < -0.39 is 0 Å². The van der Waals surface area contributed by atoms with E-state index in [0.29, 0.717) is 5.92 Å². The molecule has 0 atom stereocenters. The van der Waals surface area contributed by atoms with Crippen LogP contribution >= 0.6 is 0 Å². The number of hydrogen-bond donors (Lipinski definition) is 1. The number of piperidine rings is 1. The van der Waals surface area contributed by atoms with Crippen molar-refractivity contribution >= 4 is 10.8 Å². The molecule has 1 saturated heterocycles. The topological polar surface area (TPSA) is 21.3 Å². The molecule has 2 aromatic rings. The lowest BCUT2D eigenvalue weighted by Crippen LogP contribution is -2.26. The van der Waals surface area contributed by atoms with Crippen LogP contribution in [0.15, 0.2) is 36.4 Å². The van der Waals surface area contributed by atoms with Gasteiger partial charge in [0.15, 0.2) is 0 Å². The van der Waals surface area contributed by atoms with Gasteiger partial charge in [-0.2, -0.15) is 0 Å². The zero-order valence-corrected chi connectivity index (χ0v) is 12.2. The quantitative estimate of drug-likeness (QED) is 0.902. The Morgan fingerprint density at radius 3 is 2.70 bits per heavy atom. The van der Waals surface area contributed by atoms with Crippen LogP contribution in [-0.2, 0) is 0 Å². The Morgan fingerprint density at radius 2 is 1.90 bits per heavy atom. The van der Waals surface area contributed by atoms with Gasteiger partial charge in [0.2, 0.25) is 0 Å². The molecule has 1 N–H and O–H groups in total. The van der Waals surface area contributed by atoms with E-state index >= 15 is 0 Å². The van der Waals surface area contributed by atoms with Crippen LogP contribution < -0.4 is 10.1 Å². The van der Waals surface area contributed by atoms with Crippen molar-refractivity contribution in [3.8, 4) is 5.75 Å². The summed E-state index contributed by atoms with van der Waals surface area (Å²) in [4.78, 5) is 0. The summed E-state index contributed by atoms with van der Waals surface area (Å²) in [6, 6.07) is 13.1. The third kappa shape index (κ3) is 2.66. The van der Waals surface area contributed by atoms with Crippen molar-refractivity contribution in [1.29, 1.82) is 0 Å². The van der Waals surface area contributed by atoms with Crippen LogP contribution in [0, 0.1) is 0 Å². The Hall–Kier alpha value is -1.54. The first-order chi connectivity index (χ1) is 9.90. The molecule has 1 aliphatic heterocycles. The standard InChI is InChI=1S/C18H23NO/c1-2-13-20-18-16-6-4-3-5-14(16)7-8-17(18)15-9-11-19-12-10-15/h3-8,15,19H,2,9-13H2,1H3. The third-order valence-electron chi connectivity index (χ3n) is 4.14. The summed E-state index contributed by atoms with van der Waals surface area (Å²) in [6.07, 6.45) is 3.47. The molecular weight excluding hydrogens is 246 g/mol. The lowest BCUT2D eigenvalue weighted by atomic mass is 9.88. The number of fused-ring (bicyclic) bond motifs is 1. The number of benzene rings is 2. The second kappa shape index (κ2) is 6.27. The number of nitrogens with one attached hydrogen (secondary N) is 1. The van der Waals surface area contributed by atoms with Crippen LogP contribution in [0.5, 0.6) is 5.75 Å². The molecule has 20 heavy (non-hydrogen) atoms. The van der Waals surface area contributed by atoms with E-state index in [1.807, 2.05) is 0 Å². The molecular formula is C18H23NO. The highest BCUT2D eigenvalue weighted by Gasteiger charge is 2.20. The van der Waals surface area contributed by atoms with Crippen LogP contribution in [0.3, 0.4) is 0 Å². The average Bonchev–Trinajstić information content (AvgIpc) is 2.53. The van der Waals surface area contributed by atoms with Crippen molar-refractivity contribution in [3.05, 3.63) is 42.0 Å². The smallest absolute Gasteiger partial charge is 0.130 e. The van der Waals surface area contributed by atoms with E-state index in [2.05, 4.69) is 48.6 Å². The van der Waals surface area contributed by atoms with Crippen molar-refractivity contribution in [1.82, 2.24) is 5.32 Å². The van der Waals surface area contributed by atoms with Crippen LogP contribution in [0.4, 0.5) is 0 Å². The van der Waals surface area contributed by atoms with E-state index in [4.69, 9.17) is 4.74 Å². The van der Waals surface area contributed by atoms with E-state index in [1.165, 1.54) is 29.2 Å². The molecule has 0 aromatic heterocycles. The first-order valence-corrected chi connectivity index (χ1v) is 7.75. The van der Waals surface area contributed by atoms with Gasteiger partial charge in [-0.3, -0.25) is 0 Å². The zero-order chi connectivity index (χ0) is 13.8. The summed E-state index contributed by atoms with van der Waals surface area (Å²) in [6.45, 7) is 5.19. The molecule has 0 radical (unpaired) electrons. The van der Waals surface area contributed by atoms with Gasteiger partial charge in [0.1, 0.15) is 5.75 Å². The Balaban J connectivity index is 2.04. The van der Waals surface area contributed by atoms with Crippen molar-refractivity contribution in [2.24, 2.45) is 0 Å². The molecule has 2 heteroatoms. The molecule has 0 amide bonds. The van der Waals surface area contributed by atoms with Crippen molar-refractivity contribution < 1.29 is 4.74 Å². The summed E-state index contributed by atoms with van der Waals surface area (Å²) >= 11 is 0. The SMILES string of the molecule is CCCOc1c(C2CCNCC2)ccc2ccccc12. The Bertz CT molecular complexity index is 573. The van der Waals surface area contributed by atoms with E-state index in [0.717, 1.165) is 31.9 Å². The summed E-state index contributed by atoms with van der Waals surface area (Å²) in [7, 11) is 0. The second-order valence-electron chi connectivity index (χ2n) is 5.58. The Morgan fingerprint density at radius 1 is 1.10 bits per heavy atom. The molecule has 0 spiro atoms. The molecule has 1 fully saturated rings. The Labute approximate surface area is 121 Å². The molecule has 106 valence electrons. The highest BCUT2D eigenvalue weighted by molar-refractivity contribution is 5.89. The predicted molar refractivity (Wildman–Crippen MR) is 84.6 cm³/mol. The zero-order valence-electron chi connectivity index (χ0n) is 12.2. The van der Waals surface area contributed by atoms with Gasteiger partial charge in [-0.25, -0.2) is 0 Å². The molecule has 0 unspecified atom stereocenters. The van der Waals surface area contributed by atoms with E-state index in [9.17, 15) is 0 Å². The van der Waals surface area contributed by atoms with Crippen molar-refractivity contribution in [3.63, 3.8) is 0 Å². The Kier molecular flexibility index (Phi) is 4.22. The second-order valence-corrected chi connectivity index (χ2v) is 5.58. The first-order valence-electron chi connectivity index (χ1n) is 7.75. The summed E-state index contributed by atoms with van der Waals surface area (Å²) in [5.74, 6) is 1.75. The summed E-state index contributed by atoms with van der Waals surface area (Å²) in [5.41, 5.74) is 1.40. The van der Waals surface area contributed by atoms with E-state index in [-0.39, 0.29) is 0 Å². The van der Waals surface area contributed by atoms with Crippen LogP contribution in [0.1, 0.15) is 37.7 Å². The largest absolute Gasteiger partial charge is 0.493 e. The maximum absolute atomic E-state index is 6.13. The molecule has 0 saturated carbocycles. The van der Waals surface area contributed by atoms with Crippen molar-refractivity contribution in [2.75, 3.05) is 19.7 Å². The van der Waals surface area contributed by atoms with Gasteiger partial charge in [-0.1, -0.05) is 43.3 Å². The molecule has 0 bridgehead atoms. The van der Waals surface area contributed by atoms with Gasteiger partial charge in [0.25, 0.3) is 0 Å². The molecule has 1 heterocycles. The van der Waals surface area contributed by atoms with Gasteiger partial charge in [0.05, 0.1) is 6.61 Å². The fraction of sp³-hybridized carbons (Fsp3) is 0.444. The number of rotatable bonds is 4. The van der Waals surface area contributed by atoms with Gasteiger partial charge in [-0.05, 0) is 49.2 Å². The minimum atomic E-state index is 0.632. The average molecular weight is 269 g/mol. The fourth-order valence-electron chi connectivity index (χ4n) is 3.08. The minimum absolute atomic E-state index is 0.632. The summed E-state index contributed by atoms with van der Waals surface area (Å²) in [5, 5.41) is 5.98. The van der Waals surface area contributed by atoms with Crippen molar-refractivity contribution in [2.45, 2.75) is 32.1 Å². The molecule has 2 nitrogen and oxygen atoms in total. The normalized spacial score (nSPS) is 16.4. The molecule has 0 aliphatic carbocycles. The van der Waals surface area contributed by atoms with Crippen LogP contribution in [0.2, 0.25) is 0 Å². The van der Waals surface area contributed by atoms with Gasteiger partial charge < -0.3 is 10.1 Å². The maximum atomic E-state index is 6.13. The number of hydrogen-bond acceptors (Lipinski definition) is 2. The van der Waals surface area contributed by atoms with E-state index in [1.54, 1.807) is 0 Å². The molecule has 2 aromatic carbocycles. The highest BCUT2D eigenvalue weighted by Crippen LogP contribution is 2.38. The van der Waals surface area contributed by atoms with Gasteiger partial charge >= 0.3 is 0 Å². The highest BCUT2D eigenvalue weighted by atomic mass is 16.5. The molecule has 1 aliphatic rings. The third-order valence-corrected chi connectivity index (χ3v) is 4.14. The van der Waals surface area contributed by atoms with Gasteiger partial charge in [-0.15, -0.1) is 0 Å². The predicted octanol–water partition coefficient (Wildman–Crippen LogP) is 4.10.